The number of urea groups is 1. The summed E-state index contributed by atoms with van der Waals surface area (Å²) in [5.74, 6) is -1.62. The number of carbonyl (C=O) groups is 3. The number of aliphatic carboxylic acids is 2. The van der Waals surface area contributed by atoms with Crippen LogP contribution in [0, 0.1) is 17.8 Å². The smallest absolute Gasteiger partial charge is 0.326 e. The Kier molecular flexibility index (Phi) is 7.64. The zero-order valence-corrected chi connectivity index (χ0v) is 12.3. The van der Waals surface area contributed by atoms with Gasteiger partial charge in [-0.05, 0) is 17.8 Å². The highest BCUT2D eigenvalue weighted by Crippen LogP contribution is 2.19. The number of hydrogen-bond acceptors (Lipinski definition) is 3. The standard InChI is InChI=1S/C13H24N2O5/c1-7(2)9(8(3)4)6-14-13(20)15-10(12(18)19)5-11(16)17/h7-10H,5-6H2,1-4H3,(H,16,17)(H,18,19)(H2,14,15,20)/t10-/m0/s1. The third-order valence-electron chi connectivity index (χ3n) is 3.19. The Morgan fingerprint density at radius 1 is 1.00 bits per heavy atom. The summed E-state index contributed by atoms with van der Waals surface area (Å²) in [7, 11) is 0. The molecule has 1 atom stereocenters. The van der Waals surface area contributed by atoms with Crippen LogP contribution in [0.1, 0.15) is 34.1 Å². The van der Waals surface area contributed by atoms with E-state index < -0.39 is 30.4 Å². The molecule has 2 amide bonds. The van der Waals surface area contributed by atoms with Gasteiger partial charge in [0.05, 0.1) is 6.42 Å². The lowest BCUT2D eigenvalue weighted by Crippen LogP contribution is -2.48. The first-order valence-electron chi connectivity index (χ1n) is 6.64. The van der Waals surface area contributed by atoms with Gasteiger partial charge >= 0.3 is 18.0 Å². The van der Waals surface area contributed by atoms with Crippen LogP contribution in [0.3, 0.4) is 0 Å². The van der Waals surface area contributed by atoms with Crippen LogP contribution in [-0.4, -0.2) is 40.8 Å². The fourth-order valence-corrected chi connectivity index (χ4v) is 2.04. The first-order valence-corrected chi connectivity index (χ1v) is 6.64. The minimum absolute atomic E-state index is 0.267. The number of carboxylic acid groups (broad SMARTS) is 2. The minimum Gasteiger partial charge on any atom is -0.481 e. The third-order valence-corrected chi connectivity index (χ3v) is 3.19. The maximum atomic E-state index is 11.6. The van der Waals surface area contributed by atoms with Crippen molar-refractivity contribution in [2.24, 2.45) is 17.8 Å². The summed E-state index contributed by atoms with van der Waals surface area (Å²) in [5, 5.41) is 22.1. The van der Waals surface area contributed by atoms with E-state index in [9.17, 15) is 14.4 Å². The highest BCUT2D eigenvalue weighted by atomic mass is 16.4. The van der Waals surface area contributed by atoms with E-state index in [1.54, 1.807) is 0 Å². The fraction of sp³-hybridized carbons (Fsp3) is 0.769. The normalized spacial score (nSPS) is 12.6. The molecule has 4 N–H and O–H groups in total. The number of amides is 2. The van der Waals surface area contributed by atoms with Crippen LogP contribution in [-0.2, 0) is 9.59 Å². The van der Waals surface area contributed by atoms with Crippen LogP contribution in [0.2, 0.25) is 0 Å². The topological polar surface area (TPSA) is 116 Å². The number of carboxylic acids is 2. The molecule has 0 saturated heterocycles. The van der Waals surface area contributed by atoms with Crippen molar-refractivity contribution in [3.8, 4) is 0 Å². The van der Waals surface area contributed by atoms with Gasteiger partial charge in [-0.2, -0.15) is 0 Å². The van der Waals surface area contributed by atoms with E-state index >= 15 is 0 Å². The van der Waals surface area contributed by atoms with Gasteiger partial charge in [0.1, 0.15) is 6.04 Å². The zero-order chi connectivity index (χ0) is 15.9. The second-order valence-electron chi connectivity index (χ2n) is 5.49. The van der Waals surface area contributed by atoms with Gasteiger partial charge in [0.25, 0.3) is 0 Å². The average molecular weight is 288 g/mol. The number of hydrogen-bond donors (Lipinski definition) is 4. The highest BCUT2D eigenvalue weighted by molar-refractivity contribution is 5.86. The second-order valence-corrected chi connectivity index (χ2v) is 5.49. The van der Waals surface area contributed by atoms with Gasteiger partial charge in [-0.3, -0.25) is 4.79 Å². The zero-order valence-electron chi connectivity index (χ0n) is 12.3. The van der Waals surface area contributed by atoms with Crippen LogP contribution in [0.5, 0.6) is 0 Å². The molecule has 0 aromatic rings. The molecule has 0 aliphatic carbocycles. The molecule has 0 fully saturated rings. The van der Waals surface area contributed by atoms with Crippen molar-refractivity contribution in [1.29, 1.82) is 0 Å². The quantitative estimate of drug-likeness (QED) is 0.534. The van der Waals surface area contributed by atoms with Gasteiger partial charge in [-0.15, -0.1) is 0 Å². The molecule has 0 aromatic heterocycles. The molecule has 0 heterocycles. The average Bonchev–Trinajstić information content (AvgIpc) is 2.26. The van der Waals surface area contributed by atoms with Crippen LogP contribution in [0.15, 0.2) is 0 Å². The van der Waals surface area contributed by atoms with E-state index in [1.165, 1.54) is 0 Å². The maximum absolute atomic E-state index is 11.6. The van der Waals surface area contributed by atoms with Crippen molar-refractivity contribution >= 4 is 18.0 Å². The number of rotatable bonds is 8. The Morgan fingerprint density at radius 2 is 1.50 bits per heavy atom. The first-order chi connectivity index (χ1) is 9.15. The van der Waals surface area contributed by atoms with Gasteiger partial charge in [-0.1, -0.05) is 27.7 Å². The summed E-state index contributed by atoms with van der Waals surface area (Å²) in [6, 6.07) is -2.09. The highest BCUT2D eigenvalue weighted by Gasteiger charge is 2.24. The molecule has 116 valence electrons. The molecule has 20 heavy (non-hydrogen) atoms. The summed E-state index contributed by atoms with van der Waals surface area (Å²) in [6.45, 7) is 8.62. The van der Waals surface area contributed by atoms with Crippen molar-refractivity contribution in [2.45, 2.75) is 40.2 Å². The van der Waals surface area contributed by atoms with Gasteiger partial charge in [-0.25, -0.2) is 9.59 Å². The molecular formula is C13H24N2O5. The number of nitrogens with one attached hydrogen (secondary N) is 2. The van der Waals surface area contributed by atoms with E-state index in [0.29, 0.717) is 18.4 Å². The summed E-state index contributed by atoms with van der Waals surface area (Å²) in [5.41, 5.74) is 0. The van der Waals surface area contributed by atoms with E-state index in [-0.39, 0.29) is 5.92 Å². The predicted octanol–water partition coefficient (Wildman–Crippen LogP) is 1.14. The number of carbonyl (C=O) groups excluding carboxylic acids is 1. The molecule has 7 heteroatoms. The minimum atomic E-state index is -1.43. The van der Waals surface area contributed by atoms with Crippen molar-refractivity contribution in [3.63, 3.8) is 0 Å². The van der Waals surface area contributed by atoms with Crippen molar-refractivity contribution < 1.29 is 24.6 Å². The van der Waals surface area contributed by atoms with E-state index in [1.807, 2.05) is 0 Å². The lowest BCUT2D eigenvalue weighted by Gasteiger charge is -2.25. The second kappa shape index (κ2) is 8.39. The molecule has 0 unspecified atom stereocenters. The third kappa shape index (κ3) is 6.96. The maximum Gasteiger partial charge on any atom is 0.326 e. The van der Waals surface area contributed by atoms with Gasteiger partial charge in [0.15, 0.2) is 0 Å². The lowest BCUT2D eigenvalue weighted by atomic mass is 9.85. The fourth-order valence-electron chi connectivity index (χ4n) is 2.04. The molecule has 0 aliphatic heterocycles. The molecule has 0 spiro atoms. The summed E-state index contributed by atoms with van der Waals surface area (Å²) < 4.78 is 0. The Morgan fingerprint density at radius 3 is 1.85 bits per heavy atom. The van der Waals surface area contributed by atoms with E-state index in [2.05, 4.69) is 38.3 Å². The van der Waals surface area contributed by atoms with Crippen LogP contribution in [0.25, 0.3) is 0 Å². The molecule has 0 aromatic carbocycles. The Bertz CT molecular complexity index is 347. The molecular weight excluding hydrogens is 264 g/mol. The van der Waals surface area contributed by atoms with Gasteiger partial charge in [0, 0.05) is 6.54 Å². The van der Waals surface area contributed by atoms with Crippen LogP contribution < -0.4 is 10.6 Å². The van der Waals surface area contributed by atoms with Crippen LogP contribution in [0.4, 0.5) is 4.79 Å². The largest absolute Gasteiger partial charge is 0.481 e. The summed E-state index contributed by atoms with van der Waals surface area (Å²) >= 11 is 0. The molecule has 7 nitrogen and oxygen atoms in total. The lowest BCUT2D eigenvalue weighted by molar-refractivity contribution is -0.145. The van der Waals surface area contributed by atoms with Crippen molar-refractivity contribution in [3.05, 3.63) is 0 Å². The summed E-state index contributed by atoms with van der Waals surface area (Å²) in [6.07, 6.45) is -0.652. The van der Waals surface area contributed by atoms with Crippen LogP contribution >= 0.6 is 0 Å². The molecule has 0 aliphatic rings. The SMILES string of the molecule is CC(C)C(CNC(=O)N[C@@H](CC(=O)O)C(=O)O)C(C)C. The molecule has 0 bridgehead atoms. The van der Waals surface area contributed by atoms with Gasteiger partial charge < -0.3 is 20.8 Å². The van der Waals surface area contributed by atoms with Crippen molar-refractivity contribution in [1.82, 2.24) is 10.6 Å². The first kappa shape index (κ1) is 18.2. The van der Waals surface area contributed by atoms with E-state index in [4.69, 9.17) is 10.2 Å². The summed E-state index contributed by atoms with van der Waals surface area (Å²) in [4.78, 5) is 32.9. The Balaban J connectivity index is 4.39. The molecule has 0 radical (unpaired) electrons. The van der Waals surface area contributed by atoms with Gasteiger partial charge in [0.2, 0.25) is 0 Å². The Hall–Kier alpha value is -1.79. The monoisotopic (exact) mass is 288 g/mol. The van der Waals surface area contributed by atoms with Crippen molar-refractivity contribution in [2.75, 3.05) is 6.54 Å². The molecule has 0 rings (SSSR count). The van der Waals surface area contributed by atoms with E-state index in [0.717, 1.165) is 0 Å². The predicted molar refractivity (Wildman–Crippen MR) is 73.4 cm³/mol. The Labute approximate surface area is 118 Å². The molecule has 0 saturated carbocycles.